The van der Waals surface area contributed by atoms with Crippen molar-refractivity contribution in [3.63, 3.8) is 0 Å². The Morgan fingerprint density at radius 3 is 2.10 bits per heavy atom. The van der Waals surface area contributed by atoms with Crippen molar-refractivity contribution >= 4 is 29.4 Å². The number of imide groups is 1. The molecule has 3 amide bonds. The first-order valence-corrected chi connectivity index (χ1v) is 9.90. The molecule has 0 spiro atoms. The molecule has 162 valence electrons. The van der Waals surface area contributed by atoms with E-state index in [0.29, 0.717) is 11.5 Å². The third-order valence-corrected chi connectivity index (χ3v) is 5.70. The third kappa shape index (κ3) is 4.10. The summed E-state index contributed by atoms with van der Waals surface area (Å²) in [5, 5.41) is 2.64. The quantitative estimate of drug-likeness (QED) is 0.532. The standard InChI is InChI=1S/C21H26N2O7/c1-28-16-10-14(21(27)30-3)15(11-17(16)29-2)22-18(24)8-9-23-19(25)12-6-4-5-7-13(12)20(23)26/h10-13H,4-9H2,1-3H3,(H,22,24)/t12-,13-/m0/s1. The molecule has 2 atom stereocenters. The summed E-state index contributed by atoms with van der Waals surface area (Å²) in [5.74, 6) is -1.31. The van der Waals surface area contributed by atoms with Gasteiger partial charge in [0, 0.05) is 25.1 Å². The van der Waals surface area contributed by atoms with Gasteiger partial charge in [-0.3, -0.25) is 19.3 Å². The monoisotopic (exact) mass is 418 g/mol. The molecule has 1 aromatic carbocycles. The van der Waals surface area contributed by atoms with Crippen molar-refractivity contribution in [3.8, 4) is 11.5 Å². The summed E-state index contributed by atoms with van der Waals surface area (Å²) >= 11 is 0. The van der Waals surface area contributed by atoms with Crippen molar-refractivity contribution in [2.45, 2.75) is 32.1 Å². The molecule has 9 nitrogen and oxygen atoms in total. The summed E-state index contributed by atoms with van der Waals surface area (Å²) in [4.78, 5) is 50.9. The van der Waals surface area contributed by atoms with Gasteiger partial charge in [-0.15, -0.1) is 0 Å². The van der Waals surface area contributed by atoms with E-state index in [1.54, 1.807) is 0 Å². The zero-order valence-corrected chi connectivity index (χ0v) is 17.4. The largest absolute Gasteiger partial charge is 0.493 e. The Morgan fingerprint density at radius 2 is 1.57 bits per heavy atom. The lowest BCUT2D eigenvalue weighted by atomic mass is 9.81. The van der Waals surface area contributed by atoms with Gasteiger partial charge in [0.1, 0.15) is 0 Å². The van der Waals surface area contributed by atoms with Crippen LogP contribution in [0, 0.1) is 11.8 Å². The highest BCUT2D eigenvalue weighted by molar-refractivity contribution is 6.06. The molecule has 1 N–H and O–H groups in total. The molecule has 1 aromatic rings. The molecule has 9 heteroatoms. The maximum absolute atomic E-state index is 12.5. The molecule has 0 aromatic heterocycles. The molecule has 30 heavy (non-hydrogen) atoms. The van der Waals surface area contributed by atoms with Crippen molar-refractivity contribution in [1.29, 1.82) is 0 Å². The van der Waals surface area contributed by atoms with Crippen molar-refractivity contribution in [1.82, 2.24) is 4.90 Å². The fourth-order valence-corrected chi connectivity index (χ4v) is 4.14. The highest BCUT2D eigenvalue weighted by atomic mass is 16.5. The van der Waals surface area contributed by atoms with Crippen LogP contribution in [0.3, 0.4) is 0 Å². The average molecular weight is 418 g/mol. The number of hydrogen-bond donors (Lipinski definition) is 1. The highest BCUT2D eigenvalue weighted by Gasteiger charge is 2.47. The number of nitrogens with zero attached hydrogens (tertiary/aromatic N) is 1. The molecule has 1 saturated carbocycles. The predicted octanol–water partition coefficient (Wildman–Crippen LogP) is 1.99. The van der Waals surface area contributed by atoms with Crippen LogP contribution in [0.15, 0.2) is 12.1 Å². The van der Waals surface area contributed by atoms with Gasteiger partial charge in [0.2, 0.25) is 17.7 Å². The highest BCUT2D eigenvalue weighted by Crippen LogP contribution is 2.38. The Bertz CT molecular complexity index is 843. The van der Waals surface area contributed by atoms with E-state index in [2.05, 4.69) is 5.32 Å². The van der Waals surface area contributed by atoms with Crippen LogP contribution < -0.4 is 14.8 Å². The SMILES string of the molecule is COC(=O)c1cc(OC)c(OC)cc1NC(=O)CCN1C(=O)[C@H]2CCCC[C@@H]2C1=O. The Hall–Kier alpha value is -3.10. The number of carbonyl (C=O) groups excluding carboxylic acids is 4. The number of amides is 3. The van der Waals surface area contributed by atoms with E-state index in [4.69, 9.17) is 14.2 Å². The second-order valence-corrected chi connectivity index (χ2v) is 7.37. The van der Waals surface area contributed by atoms with Gasteiger partial charge >= 0.3 is 5.97 Å². The van der Waals surface area contributed by atoms with Crippen LogP contribution >= 0.6 is 0 Å². The first-order chi connectivity index (χ1) is 14.4. The van der Waals surface area contributed by atoms with Gasteiger partial charge < -0.3 is 19.5 Å². The van der Waals surface area contributed by atoms with Crippen LogP contribution in [0.25, 0.3) is 0 Å². The molecule has 0 radical (unpaired) electrons. The number of esters is 1. The van der Waals surface area contributed by atoms with Crippen LogP contribution in [-0.2, 0) is 19.1 Å². The van der Waals surface area contributed by atoms with Gasteiger partial charge in [0.05, 0.1) is 44.4 Å². The Morgan fingerprint density at radius 1 is 1.00 bits per heavy atom. The first kappa shape index (κ1) is 21.6. The number of likely N-dealkylation sites (tertiary alicyclic amines) is 1. The number of anilines is 1. The zero-order valence-electron chi connectivity index (χ0n) is 17.4. The molecule has 3 rings (SSSR count). The molecule has 0 bridgehead atoms. The summed E-state index contributed by atoms with van der Waals surface area (Å²) in [6.45, 7) is 0.0113. The molecule has 1 heterocycles. The van der Waals surface area contributed by atoms with E-state index in [1.165, 1.54) is 38.4 Å². The predicted molar refractivity (Wildman–Crippen MR) is 106 cm³/mol. The summed E-state index contributed by atoms with van der Waals surface area (Å²) < 4.78 is 15.2. The lowest BCUT2D eigenvalue weighted by Crippen LogP contribution is -2.34. The molecule has 2 fully saturated rings. The Balaban J connectivity index is 1.71. The molecule has 0 unspecified atom stereocenters. The number of rotatable bonds is 7. The smallest absolute Gasteiger partial charge is 0.340 e. The minimum absolute atomic E-state index is 0.0113. The summed E-state index contributed by atoms with van der Waals surface area (Å²) in [6, 6.07) is 2.88. The van der Waals surface area contributed by atoms with Crippen molar-refractivity contribution in [2.75, 3.05) is 33.2 Å². The molecular weight excluding hydrogens is 392 g/mol. The summed E-state index contributed by atoms with van der Waals surface area (Å²) in [7, 11) is 4.10. The molecule has 1 saturated heterocycles. The molecule has 2 aliphatic rings. The topological polar surface area (TPSA) is 111 Å². The molecule has 1 aliphatic carbocycles. The number of fused-ring (bicyclic) bond motifs is 1. The number of hydrogen-bond acceptors (Lipinski definition) is 7. The van der Waals surface area contributed by atoms with Crippen molar-refractivity contribution < 1.29 is 33.4 Å². The van der Waals surface area contributed by atoms with Crippen LogP contribution in [0.4, 0.5) is 5.69 Å². The fraction of sp³-hybridized carbons (Fsp3) is 0.524. The van der Waals surface area contributed by atoms with Gasteiger partial charge in [0.25, 0.3) is 0 Å². The zero-order chi connectivity index (χ0) is 21.8. The van der Waals surface area contributed by atoms with Crippen LogP contribution in [0.5, 0.6) is 11.5 Å². The summed E-state index contributed by atoms with van der Waals surface area (Å²) in [5.41, 5.74) is 0.292. The number of benzene rings is 1. The fourth-order valence-electron chi connectivity index (χ4n) is 4.14. The second kappa shape index (κ2) is 9.15. The number of ether oxygens (including phenoxy) is 3. The van der Waals surface area contributed by atoms with Gasteiger partial charge in [-0.05, 0) is 12.8 Å². The Labute approximate surface area is 174 Å². The van der Waals surface area contributed by atoms with Crippen LogP contribution in [0.2, 0.25) is 0 Å². The average Bonchev–Trinajstić information content (AvgIpc) is 3.01. The van der Waals surface area contributed by atoms with Crippen molar-refractivity contribution in [3.05, 3.63) is 17.7 Å². The third-order valence-electron chi connectivity index (χ3n) is 5.70. The number of methoxy groups -OCH3 is 3. The number of carbonyl (C=O) groups is 4. The lowest BCUT2D eigenvalue weighted by Gasteiger charge is -2.19. The Kier molecular flexibility index (Phi) is 6.59. The number of nitrogens with one attached hydrogen (secondary N) is 1. The van der Waals surface area contributed by atoms with Gasteiger partial charge in [-0.1, -0.05) is 12.8 Å². The second-order valence-electron chi connectivity index (χ2n) is 7.37. The maximum Gasteiger partial charge on any atom is 0.340 e. The van der Waals surface area contributed by atoms with E-state index >= 15 is 0 Å². The maximum atomic E-state index is 12.5. The van der Waals surface area contributed by atoms with E-state index in [9.17, 15) is 19.2 Å². The van der Waals surface area contributed by atoms with Crippen LogP contribution in [-0.4, -0.2) is 56.5 Å². The lowest BCUT2D eigenvalue weighted by molar-refractivity contribution is -0.140. The van der Waals surface area contributed by atoms with Gasteiger partial charge in [-0.2, -0.15) is 0 Å². The minimum atomic E-state index is -0.653. The van der Waals surface area contributed by atoms with E-state index < -0.39 is 11.9 Å². The normalized spacial score (nSPS) is 20.6. The summed E-state index contributed by atoms with van der Waals surface area (Å²) in [6.07, 6.45) is 3.28. The van der Waals surface area contributed by atoms with E-state index in [0.717, 1.165) is 25.7 Å². The van der Waals surface area contributed by atoms with Gasteiger partial charge in [0.15, 0.2) is 11.5 Å². The van der Waals surface area contributed by atoms with E-state index in [1.807, 2.05) is 0 Å². The minimum Gasteiger partial charge on any atom is -0.493 e. The molecular formula is C21H26N2O7. The van der Waals surface area contributed by atoms with Crippen LogP contribution in [0.1, 0.15) is 42.5 Å². The van der Waals surface area contributed by atoms with E-state index in [-0.39, 0.29) is 47.9 Å². The van der Waals surface area contributed by atoms with Crippen molar-refractivity contribution in [2.24, 2.45) is 11.8 Å². The molecule has 1 aliphatic heterocycles. The van der Waals surface area contributed by atoms with Gasteiger partial charge in [-0.25, -0.2) is 4.79 Å². The first-order valence-electron chi connectivity index (χ1n) is 9.90.